The van der Waals surface area contributed by atoms with Crippen LogP contribution < -0.4 is 15.1 Å². The van der Waals surface area contributed by atoms with Gasteiger partial charge in [-0.05, 0) is 19.1 Å². The van der Waals surface area contributed by atoms with Crippen molar-refractivity contribution in [2.24, 2.45) is 0 Å². The van der Waals surface area contributed by atoms with Gasteiger partial charge in [0.1, 0.15) is 23.8 Å². The van der Waals surface area contributed by atoms with Gasteiger partial charge in [0.2, 0.25) is 0 Å². The minimum Gasteiger partial charge on any atom is -0.378 e. The van der Waals surface area contributed by atoms with Gasteiger partial charge in [-0.15, -0.1) is 0 Å². The molecular weight excluding hydrogens is 358 g/mol. The van der Waals surface area contributed by atoms with Gasteiger partial charge in [0.05, 0.1) is 13.2 Å². The average molecular weight is 383 g/mol. The van der Waals surface area contributed by atoms with E-state index in [0.29, 0.717) is 18.9 Å². The molecule has 2 saturated heterocycles. The van der Waals surface area contributed by atoms with E-state index in [4.69, 9.17) is 4.74 Å². The Hall–Kier alpha value is -2.94. The highest BCUT2D eigenvalue weighted by molar-refractivity contribution is 5.88. The third kappa shape index (κ3) is 4.30. The third-order valence-electron chi connectivity index (χ3n) is 4.99. The maximum Gasteiger partial charge on any atom is 0.323 e. The highest BCUT2D eigenvalue weighted by atomic mass is 16.5. The standard InChI is InChI=1S/C19H25N7O2/c1-15-3-2-4-16(22-15)23-19(27)26-7-5-24(6-8-26)17-13-18(21-14-20-17)25-9-11-28-12-10-25/h2-4,13-14H,5-12H2,1H3,(H,22,23,27). The zero-order valence-corrected chi connectivity index (χ0v) is 16.0. The van der Waals surface area contributed by atoms with Gasteiger partial charge in [0.25, 0.3) is 0 Å². The SMILES string of the molecule is Cc1cccc(NC(=O)N2CCN(c3cc(N4CCOCC4)ncn3)CC2)n1. The molecule has 28 heavy (non-hydrogen) atoms. The molecule has 4 rings (SSSR count). The molecule has 0 atom stereocenters. The number of piperazine rings is 1. The van der Waals surface area contributed by atoms with Gasteiger partial charge in [-0.3, -0.25) is 5.32 Å². The predicted octanol–water partition coefficient (Wildman–Crippen LogP) is 1.37. The Labute approximate surface area is 164 Å². The van der Waals surface area contributed by atoms with E-state index in [0.717, 1.165) is 56.7 Å². The summed E-state index contributed by atoms with van der Waals surface area (Å²) < 4.78 is 5.41. The molecule has 0 saturated carbocycles. The van der Waals surface area contributed by atoms with Crippen LogP contribution in [0.15, 0.2) is 30.6 Å². The molecule has 0 aromatic carbocycles. The number of anilines is 3. The van der Waals surface area contributed by atoms with Gasteiger partial charge in [0, 0.05) is 51.0 Å². The molecular formula is C19H25N7O2. The van der Waals surface area contributed by atoms with Crippen LogP contribution in [0, 0.1) is 6.92 Å². The molecule has 0 spiro atoms. The van der Waals surface area contributed by atoms with Crippen LogP contribution in [0.4, 0.5) is 22.2 Å². The van der Waals surface area contributed by atoms with Gasteiger partial charge < -0.3 is 19.4 Å². The van der Waals surface area contributed by atoms with E-state index in [2.05, 4.69) is 30.1 Å². The second-order valence-corrected chi connectivity index (χ2v) is 6.90. The smallest absolute Gasteiger partial charge is 0.323 e. The van der Waals surface area contributed by atoms with Gasteiger partial charge in [-0.2, -0.15) is 0 Å². The van der Waals surface area contributed by atoms with E-state index < -0.39 is 0 Å². The van der Waals surface area contributed by atoms with E-state index in [1.807, 2.05) is 30.0 Å². The lowest BCUT2D eigenvalue weighted by atomic mass is 10.3. The lowest BCUT2D eigenvalue weighted by Gasteiger charge is -2.35. The number of hydrogen-bond acceptors (Lipinski definition) is 7. The first-order chi connectivity index (χ1) is 13.7. The molecule has 0 bridgehead atoms. The molecule has 1 N–H and O–H groups in total. The number of nitrogens with zero attached hydrogens (tertiary/aromatic N) is 6. The number of aromatic nitrogens is 3. The van der Waals surface area contributed by atoms with Crippen molar-refractivity contribution in [2.45, 2.75) is 6.92 Å². The van der Waals surface area contributed by atoms with Gasteiger partial charge in [-0.1, -0.05) is 6.07 Å². The number of carbonyl (C=O) groups is 1. The van der Waals surface area contributed by atoms with Crippen molar-refractivity contribution in [3.05, 3.63) is 36.3 Å². The molecule has 4 heterocycles. The molecule has 2 aliphatic rings. The molecule has 9 heteroatoms. The van der Waals surface area contributed by atoms with Crippen LogP contribution in [0.2, 0.25) is 0 Å². The van der Waals surface area contributed by atoms with Crippen molar-refractivity contribution >= 4 is 23.5 Å². The summed E-state index contributed by atoms with van der Waals surface area (Å²) >= 11 is 0. The number of urea groups is 1. The van der Waals surface area contributed by atoms with Crippen LogP contribution in [0.3, 0.4) is 0 Å². The molecule has 2 aromatic rings. The monoisotopic (exact) mass is 383 g/mol. The summed E-state index contributed by atoms with van der Waals surface area (Å²) in [6, 6.07) is 7.50. The van der Waals surface area contributed by atoms with E-state index in [1.54, 1.807) is 12.4 Å². The lowest BCUT2D eigenvalue weighted by molar-refractivity contribution is 0.122. The van der Waals surface area contributed by atoms with Crippen LogP contribution >= 0.6 is 0 Å². The number of ether oxygens (including phenoxy) is 1. The van der Waals surface area contributed by atoms with Crippen molar-refractivity contribution in [3.63, 3.8) is 0 Å². The molecule has 0 aliphatic carbocycles. The summed E-state index contributed by atoms with van der Waals surface area (Å²) in [5.74, 6) is 2.41. The van der Waals surface area contributed by atoms with Gasteiger partial charge in [-0.25, -0.2) is 19.7 Å². The molecule has 148 valence electrons. The van der Waals surface area contributed by atoms with E-state index in [1.165, 1.54) is 0 Å². The normalized spacial score (nSPS) is 17.5. The minimum atomic E-state index is -0.116. The first-order valence-electron chi connectivity index (χ1n) is 9.58. The Morgan fingerprint density at radius 1 is 1.00 bits per heavy atom. The molecule has 2 amide bonds. The second-order valence-electron chi connectivity index (χ2n) is 6.90. The number of amides is 2. The third-order valence-corrected chi connectivity index (χ3v) is 4.99. The fraction of sp³-hybridized carbons (Fsp3) is 0.474. The van der Waals surface area contributed by atoms with Crippen molar-refractivity contribution in [1.29, 1.82) is 0 Å². The average Bonchev–Trinajstić information content (AvgIpc) is 2.75. The molecule has 2 aliphatic heterocycles. The van der Waals surface area contributed by atoms with Crippen LogP contribution in [0.1, 0.15) is 5.69 Å². The molecule has 2 fully saturated rings. The van der Waals surface area contributed by atoms with Gasteiger partial charge >= 0.3 is 6.03 Å². The predicted molar refractivity (Wildman–Crippen MR) is 107 cm³/mol. The number of pyridine rings is 1. The summed E-state index contributed by atoms with van der Waals surface area (Å²) in [6.07, 6.45) is 1.61. The second kappa shape index (κ2) is 8.39. The van der Waals surface area contributed by atoms with E-state index in [-0.39, 0.29) is 6.03 Å². The maximum absolute atomic E-state index is 12.5. The van der Waals surface area contributed by atoms with Crippen molar-refractivity contribution in [3.8, 4) is 0 Å². The quantitative estimate of drug-likeness (QED) is 0.857. The van der Waals surface area contributed by atoms with Gasteiger partial charge in [0.15, 0.2) is 0 Å². The Morgan fingerprint density at radius 3 is 2.36 bits per heavy atom. The first-order valence-corrected chi connectivity index (χ1v) is 9.58. The first kappa shape index (κ1) is 18.4. The van der Waals surface area contributed by atoms with Crippen LogP contribution in [-0.2, 0) is 4.74 Å². The molecule has 0 radical (unpaired) electrons. The number of morpholine rings is 1. The van der Waals surface area contributed by atoms with E-state index in [9.17, 15) is 4.79 Å². The highest BCUT2D eigenvalue weighted by Gasteiger charge is 2.23. The number of hydrogen-bond donors (Lipinski definition) is 1. The number of rotatable bonds is 3. The van der Waals surface area contributed by atoms with Crippen LogP contribution in [0.25, 0.3) is 0 Å². The van der Waals surface area contributed by atoms with Crippen LogP contribution in [0.5, 0.6) is 0 Å². The number of nitrogens with one attached hydrogen (secondary N) is 1. The topological polar surface area (TPSA) is 86.7 Å². The zero-order chi connectivity index (χ0) is 19.3. The van der Waals surface area contributed by atoms with E-state index >= 15 is 0 Å². The Balaban J connectivity index is 1.34. The summed E-state index contributed by atoms with van der Waals surface area (Å²) in [6.45, 7) is 7.77. The van der Waals surface area contributed by atoms with Crippen molar-refractivity contribution < 1.29 is 9.53 Å². The number of aryl methyl sites for hydroxylation is 1. The highest BCUT2D eigenvalue weighted by Crippen LogP contribution is 2.20. The summed E-state index contributed by atoms with van der Waals surface area (Å²) in [4.78, 5) is 31.9. The fourth-order valence-electron chi connectivity index (χ4n) is 3.42. The Bertz CT molecular complexity index is 817. The fourth-order valence-corrected chi connectivity index (χ4v) is 3.42. The van der Waals surface area contributed by atoms with Crippen molar-refractivity contribution in [2.75, 3.05) is 67.6 Å². The lowest BCUT2D eigenvalue weighted by Crippen LogP contribution is -2.50. The van der Waals surface area contributed by atoms with Crippen LogP contribution in [-0.4, -0.2) is 78.4 Å². The largest absolute Gasteiger partial charge is 0.378 e. The summed E-state index contributed by atoms with van der Waals surface area (Å²) in [5.41, 5.74) is 0.877. The Morgan fingerprint density at radius 2 is 1.68 bits per heavy atom. The number of carbonyl (C=O) groups excluding carboxylic acids is 1. The molecule has 2 aromatic heterocycles. The minimum absolute atomic E-state index is 0.116. The maximum atomic E-state index is 12.5. The molecule has 9 nitrogen and oxygen atoms in total. The summed E-state index contributed by atoms with van der Waals surface area (Å²) in [5, 5.41) is 2.87. The zero-order valence-electron chi connectivity index (χ0n) is 16.0. The molecule has 0 unspecified atom stereocenters. The Kier molecular flexibility index (Phi) is 5.52. The van der Waals surface area contributed by atoms with Crippen molar-refractivity contribution in [1.82, 2.24) is 19.9 Å². The summed E-state index contributed by atoms with van der Waals surface area (Å²) in [7, 11) is 0.